The van der Waals surface area contributed by atoms with E-state index >= 15 is 0 Å². The SMILES string of the molecule is CC/C=C/C/C=C/C/C=C/CCCCCCC(=O)OC(COC(=O)CC/C=C/C/C=C/CCCCCCCC)COC(=O)CCCCCCCC/C=C/C=C/CCCCC. The van der Waals surface area contributed by atoms with Crippen molar-refractivity contribution in [1.29, 1.82) is 0 Å². The van der Waals surface area contributed by atoms with E-state index in [2.05, 4.69) is 99.8 Å². The van der Waals surface area contributed by atoms with Gasteiger partial charge in [0.15, 0.2) is 6.10 Å². The van der Waals surface area contributed by atoms with Crippen molar-refractivity contribution in [2.45, 2.75) is 226 Å². The number of rotatable bonds is 43. The summed E-state index contributed by atoms with van der Waals surface area (Å²) < 4.78 is 16.7. The topological polar surface area (TPSA) is 78.9 Å². The summed E-state index contributed by atoms with van der Waals surface area (Å²) in [6.07, 6.45) is 61.4. The van der Waals surface area contributed by atoms with Crippen LogP contribution in [-0.4, -0.2) is 37.2 Å². The summed E-state index contributed by atoms with van der Waals surface area (Å²) in [5.41, 5.74) is 0. The van der Waals surface area contributed by atoms with Gasteiger partial charge in [-0.05, 0) is 96.3 Å². The molecule has 0 aromatic heterocycles. The fraction of sp³-hybridized carbons (Fsp3) is 0.685. The molecule has 0 aromatic rings. The van der Waals surface area contributed by atoms with Crippen LogP contribution in [0.1, 0.15) is 220 Å². The van der Waals surface area contributed by atoms with E-state index in [4.69, 9.17) is 14.2 Å². The fourth-order valence-electron chi connectivity index (χ4n) is 6.44. The molecule has 342 valence electrons. The monoisotopic (exact) mass is 835 g/mol. The first-order valence-electron chi connectivity index (χ1n) is 24.6. The molecule has 6 nitrogen and oxygen atoms in total. The molecule has 0 amide bonds. The minimum absolute atomic E-state index is 0.110. The second kappa shape index (κ2) is 48.3. The van der Waals surface area contributed by atoms with Crippen molar-refractivity contribution >= 4 is 17.9 Å². The first-order valence-corrected chi connectivity index (χ1v) is 24.6. The molecule has 0 saturated carbocycles. The van der Waals surface area contributed by atoms with Crippen LogP contribution in [0.15, 0.2) is 85.1 Å². The van der Waals surface area contributed by atoms with Gasteiger partial charge in [0.05, 0.1) is 0 Å². The average Bonchev–Trinajstić information content (AvgIpc) is 3.24. The Morgan fingerprint density at radius 1 is 0.367 bits per heavy atom. The molecule has 0 rings (SSSR count). The first-order chi connectivity index (χ1) is 29.5. The van der Waals surface area contributed by atoms with Gasteiger partial charge in [-0.15, -0.1) is 0 Å². The Kier molecular flexibility index (Phi) is 45.5. The molecule has 6 heteroatoms. The molecular weight excluding hydrogens is 745 g/mol. The van der Waals surface area contributed by atoms with E-state index < -0.39 is 6.10 Å². The quantitative estimate of drug-likeness (QED) is 0.0200. The highest BCUT2D eigenvalue weighted by Gasteiger charge is 2.19. The van der Waals surface area contributed by atoms with Crippen molar-refractivity contribution in [1.82, 2.24) is 0 Å². The van der Waals surface area contributed by atoms with Crippen molar-refractivity contribution < 1.29 is 28.6 Å². The number of unbranched alkanes of at least 4 members (excludes halogenated alkanes) is 19. The molecule has 0 bridgehead atoms. The Morgan fingerprint density at radius 3 is 1.25 bits per heavy atom. The third kappa shape index (κ3) is 45.7. The van der Waals surface area contributed by atoms with Crippen LogP contribution in [-0.2, 0) is 28.6 Å². The van der Waals surface area contributed by atoms with Gasteiger partial charge in [-0.25, -0.2) is 0 Å². The third-order valence-electron chi connectivity index (χ3n) is 10.1. The van der Waals surface area contributed by atoms with Crippen molar-refractivity contribution in [2.24, 2.45) is 0 Å². The van der Waals surface area contributed by atoms with E-state index in [1.807, 2.05) is 6.08 Å². The van der Waals surface area contributed by atoms with Gasteiger partial charge >= 0.3 is 17.9 Å². The maximum absolute atomic E-state index is 12.8. The number of carbonyl (C=O) groups is 3. The van der Waals surface area contributed by atoms with E-state index in [9.17, 15) is 14.4 Å². The van der Waals surface area contributed by atoms with E-state index in [0.29, 0.717) is 12.8 Å². The molecule has 0 heterocycles. The molecule has 0 aliphatic heterocycles. The van der Waals surface area contributed by atoms with Crippen molar-refractivity contribution in [3.8, 4) is 0 Å². The zero-order chi connectivity index (χ0) is 43.7. The Morgan fingerprint density at radius 2 is 0.733 bits per heavy atom. The Balaban J connectivity index is 4.51. The maximum Gasteiger partial charge on any atom is 0.306 e. The summed E-state index contributed by atoms with van der Waals surface area (Å²) in [4.78, 5) is 37.8. The third-order valence-corrected chi connectivity index (χ3v) is 10.1. The van der Waals surface area contributed by atoms with Gasteiger partial charge in [0.1, 0.15) is 13.2 Å². The minimum atomic E-state index is -0.815. The lowest BCUT2D eigenvalue weighted by Gasteiger charge is -2.18. The summed E-state index contributed by atoms with van der Waals surface area (Å²) in [5, 5.41) is 0. The second-order valence-corrected chi connectivity index (χ2v) is 16.0. The standard InChI is InChI=1S/C54H90O6/c1-4-7-10-13-16-19-22-25-27-30-32-35-38-41-44-47-53(56)59-50-51(49-58-52(55)46-43-40-37-34-31-28-24-21-18-15-12-9-6-3)60-54(57)48-45-42-39-36-33-29-26-23-20-17-14-11-8-5-2/h8,11,16-17,19-20,22,25-26,28-29,31,37,40,51H,4-7,9-10,12-15,18,21,23-24,27,30,32-36,38-39,41-50H2,1-3H3/b11-8+,19-16+,20-17+,25-22+,29-26+,31-28+,40-37+. The normalized spacial score (nSPS) is 12.8. The van der Waals surface area contributed by atoms with Gasteiger partial charge in [-0.3, -0.25) is 14.4 Å². The van der Waals surface area contributed by atoms with Crippen molar-refractivity contribution in [3.63, 3.8) is 0 Å². The number of allylic oxidation sites excluding steroid dienone is 14. The van der Waals surface area contributed by atoms with E-state index in [1.165, 1.54) is 77.0 Å². The number of esters is 3. The zero-order valence-corrected chi connectivity index (χ0v) is 38.9. The Hall–Kier alpha value is -3.41. The van der Waals surface area contributed by atoms with Crippen LogP contribution < -0.4 is 0 Å². The summed E-state index contributed by atoms with van der Waals surface area (Å²) in [5.74, 6) is -1.02. The minimum Gasteiger partial charge on any atom is -0.462 e. The summed E-state index contributed by atoms with van der Waals surface area (Å²) >= 11 is 0. The molecule has 0 aromatic carbocycles. The van der Waals surface area contributed by atoms with Crippen LogP contribution in [0, 0.1) is 0 Å². The van der Waals surface area contributed by atoms with Gasteiger partial charge in [0.25, 0.3) is 0 Å². The van der Waals surface area contributed by atoms with Crippen LogP contribution in [0.3, 0.4) is 0 Å². The highest BCUT2D eigenvalue weighted by molar-refractivity contribution is 5.71. The summed E-state index contributed by atoms with van der Waals surface area (Å²) in [6, 6.07) is 0. The van der Waals surface area contributed by atoms with Crippen molar-refractivity contribution in [3.05, 3.63) is 85.1 Å². The van der Waals surface area contributed by atoms with Gasteiger partial charge < -0.3 is 14.2 Å². The van der Waals surface area contributed by atoms with Gasteiger partial charge in [-0.1, -0.05) is 189 Å². The van der Waals surface area contributed by atoms with E-state index in [1.54, 1.807) is 0 Å². The van der Waals surface area contributed by atoms with Crippen LogP contribution in [0.2, 0.25) is 0 Å². The lowest BCUT2D eigenvalue weighted by Crippen LogP contribution is -2.30. The molecule has 0 N–H and O–H groups in total. The number of ether oxygens (including phenoxy) is 3. The smallest absolute Gasteiger partial charge is 0.306 e. The van der Waals surface area contributed by atoms with Gasteiger partial charge in [0.2, 0.25) is 0 Å². The van der Waals surface area contributed by atoms with Crippen LogP contribution in [0.4, 0.5) is 0 Å². The average molecular weight is 835 g/mol. The molecule has 1 atom stereocenters. The molecule has 0 radical (unpaired) electrons. The van der Waals surface area contributed by atoms with Crippen LogP contribution in [0.5, 0.6) is 0 Å². The lowest BCUT2D eigenvalue weighted by molar-refractivity contribution is -0.166. The molecule has 0 fully saturated rings. The molecule has 0 saturated heterocycles. The summed E-state index contributed by atoms with van der Waals surface area (Å²) in [6.45, 7) is 6.39. The highest BCUT2D eigenvalue weighted by atomic mass is 16.6. The zero-order valence-electron chi connectivity index (χ0n) is 38.9. The summed E-state index contributed by atoms with van der Waals surface area (Å²) in [7, 11) is 0. The molecular formula is C54H90O6. The van der Waals surface area contributed by atoms with E-state index in [0.717, 1.165) is 96.3 Å². The number of hydrogen-bond acceptors (Lipinski definition) is 6. The van der Waals surface area contributed by atoms with Crippen LogP contribution >= 0.6 is 0 Å². The number of hydrogen-bond donors (Lipinski definition) is 0. The Bertz CT molecular complexity index is 1190. The predicted octanol–water partition coefficient (Wildman–Crippen LogP) is 16.0. The largest absolute Gasteiger partial charge is 0.462 e. The van der Waals surface area contributed by atoms with Crippen molar-refractivity contribution in [2.75, 3.05) is 13.2 Å². The van der Waals surface area contributed by atoms with Gasteiger partial charge in [0, 0.05) is 19.3 Å². The first kappa shape index (κ1) is 56.6. The molecule has 1 unspecified atom stereocenters. The molecule has 0 aliphatic rings. The molecule has 60 heavy (non-hydrogen) atoms. The lowest BCUT2D eigenvalue weighted by atomic mass is 10.1. The van der Waals surface area contributed by atoms with Gasteiger partial charge in [-0.2, -0.15) is 0 Å². The fourth-order valence-corrected chi connectivity index (χ4v) is 6.44. The Labute approximate surface area is 369 Å². The molecule has 0 aliphatic carbocycles. The molecule has 0 spiro atoms. The predicted molar refractivity (Wildman–Crippen MR) is 256 cm³/mol. The van der Waals surface area contributed by atoms with Crippen LogP contribution in [0.25, 0.3) is 0 Å². The highest BCUT2D eigenvalue weighted by Crippen LogP contribution is 2.12. The van der Waals surface area contributed by atoms with E-state index in [-0.39, 0.29) is 44.0 Å². The maximum atomic E-state index is 12.8. The number of carbonyl (C=O) groups excluding carboxylic acids is 3. The second-order valence-electron chi connectivity index (χ2n) is 16.0.